The average Bonchev–Trinajstić information content (AvgIpc) is 3.54. The predicted octanol–water partition coefficient (Wildman–Crippen LogP) is 6.71. The van der Waals surface area contributed by atoms with Crippen LogP contribution in [-0.4, -0.2) is 84.4 Å². The normalized spacial score (nSPS) is 31.1. The quantitative estimate of drug-likeness (QED) is 0.208. The molecule has 6 aliphatic rings. The van der Waals surface area contributed by atoms with Crippen LogP contribution >= 0.6 is 0 Å². The molecule has 0 bridgehead atoms. The van der Waals surface area contributed by atoms with Crippen molar-refractivity contribution in [2.24, 2.45) is 44.8 Å². The topological polar surface area (TPSA) is 159 Å². The van der Waals surface area contributed by atoms with E-state index in [0.29, 0.717) is 38.9 Å². The number of Topliss-reactive ketones (excluding diaryl/α,β-unsaturated/α-hetero) is 2. The summed E-state index contributed by atoms with van der Waals surface area (Å²) in [6.45, 7) is 18.8. The zero-order valence-corrected chi connectivity index (χ0v) is 36.5. The van der Waals surface area contributed by atoms with Crippen LogP contribution in [0.1, 0.15) is 159 Å². The number of fused-ring (bicyclic) bond motifs is 1. The lowest BCUT2D eigenvalue weighted by atomic mass is 9.73. The molecule has 6 fully saturated rings. The zero-order chi connectivity index (χ0) is 41.3. The Morgan fingerprint density at radius 1 is 0.857 bits per heavy atom. The standard InChI is InChI=1S/C43H70N4O8S/c1-10-29-24-41(29,36(51)45-56(53,54)46-21-14-15-22-46)26-33(49)31-25-43(40(8,9)42(43)19-16-20-42)27-47(31)35(50)30(38(2,3)4)23-32(48)34(28-17-12-11-13-18-28)44-37(52)55-39(5,6)7/h28-31,34H,10-27H2,1-9H3,(H,44,52)(H,45,51)/t29-,30-,31+,34+,41-,43-/m1/s1. The van der Waals surface area contributed by atoms with Gasteiger partial charge in [-0.3, -0.25) is 19.2 Å². The van der Waals surface area contributed by atoms with E-state index in [1.54, 1.807) is 25.7 Å². The molecule has 0 radical (unpaired) electrons. The van der Waals surface area contributed by atoms with Crippen LogP contribution in [0.25, 0.3) is 0 Å². The highest BCUT2D eigenvalue weighted by atomic mass is 32.2. The second-order valence-corrected chi connectivity index (χ2v) is 22.8. The number of amides is 3. The van der Waals surface area contributed by atoms with E-state index in [4.69, 9.17) is 4.74 Å². The van der Waals surface area contributed by atoms with Gasteiger partial charge in [-0.1, -0.05) is 73.6 Å². The fourth-order valence-corrected chi connectivity index (χ4v) is 13.2. The van der Waals surface area contributed by atoms with E-state index in [9.17, 15) is 27.6 Å². The molecule has 6 atom stereocenters. The second kappa shape index (κ2) is 14.9. The van der Waals surface area contributed by atoms with Gasteiger partial charge in [0.05, 0.1) is 17.5 Å². The average molecular weight is 803 g/mol. The first kappa shape index (κ1) is 43.0. The summed E-state index contributed by atoms with van der Waals surface area (Å²) in [6, 6.07) is -1.57. The van der Waals surface area contributed by atoms with Gasteiger partial charge in [-0.2, -0.15) is 12.7 Å². The van der Waals surface area contributed by atoms with Crippen molar-refractivity contribution in [2.45, 2.75) is 176 Å². The molecule has 4 aliphatic carbocycles. The number of hydrogen-bond donors (Lipinski definition) is 2. The van der Waals surface area contributed by atoms with E-state index in [-0.39, 0.29) is 58.4 Å². The maximum Gasteiger partial charge on any atom is 0.408 e. The van der Waals surface area contributed by atoms with Crippen LogP contribution in [0.5, 0.6) is 0 Å². The highest BCUT2D eigenvalue weighted by Crippen LogP contribution is 2.88. The third kappa shape index (κ3) is 7.58. The lowest BCUT2D eigenvalue weighted by Gasteiger charge is -2.37. The predicted molar refractivity (Wildman–Crippen MR) is 213 cm³/mol. The Kier molecular flexibility index (Phi) is 11.5. The largest absolute Gasteiger partial charge is 0.444 e. The highest BCUT2D eigenvalue weighted by Gasteiger charge is 2.85. The minimum Gasteiger partial charge on any atom is -0.444 e. The maximum atomic E-state index is 15.2. The van der Waals surface area contributed by atoms with Gasteiger partial charge in [0.25, 0.3) is 0 Å². The SMILES string of the molecule is CC[C@@H]1C[C@]1(CC(=O)[C@@H]1C[C@@]2(CN1C(=O)[C@@H](CC(=O)[C@@H](NC(=O)OC(C)(C)C)C1CCCCC1)C(C)(C)C)C(C)(C)C21CCC1)C(=O)NS(=O)(=O)N1CCCC1. The number of alkyl carbamates (subject to hydrolysis) is 1. The summed E-state index contributed by atoms with van der Waals surface area (Å²) in [5.41, 5.74) is -2.85. The molecule has 0 aromatic heterocycles. The summed E-state index contributed by atoms with van der Waals surface area (Å²) in [7, 11) is -4.03. The number of carbonyl (C=O) groups excluding carboxylic acids is 5. The fraction of sp³-hybridized carbons (Fsp3) is 0.884. The first-order valence-electron chi connectivity index (χ1n) is 21.6. The molecule has 0 aromatic carbocycles. The monoisotopic (exact) mass is 802 g/mol. The van der Waals surface area contributed by atoms with Crippen molar-refractivity contribution in [3.63, 3.8) is 0 Å². The van der Waals surface area contributed by atoms with Crippen LogP contribution in [0.2, 0.25) is 0 Å². The molecule has 2 spiro atoms. The molecule has 316 valence electrons. The van der Waals surface area contributed by atoms with Crippen molar-refractivity contribution in [3.05, 3.63) is 0 Å². The Balaban J connectivity index is 1.27. The Hall–Kier alpha value is -2.54. The maximum absolute atomic E-state index is 15.2. The van der Waals surface area contributed by atoms with Crippen molar-refractivity contribution in [3.8, 4) is 0 Å². The van der Waals surface area contributed by atoms with Gasteiger partial charge in [0.1, 0.15) is 5.60 Å². The van der Waals surface area contributed by atoms with E-state index in [1.165, 1.54) is 4.31 Å². The number of nitrogens with zero attached hydrogens (tertiary/aromatic N) is 2. The third-order valence-corrected chi connectivity index (χ3v) is 17.1. The molecular weight excluding hydrogens is 733 g/mol. The zero-order valence-electron chi connectivity index (χ0n) is 35.7. The van der Waals surface area contributed by atoms with Crippen molar-refractivity contribution in [1.82, 2.24) is 19.2 Å². The third-order valence-electron chi connectivity index (χ3n) is 15.6. The first-order valence-corrected chi connectivity index (χ1v) is 23.1. The Morgan fingerprint density at radius 3 is 1.98 bits per heavy atom. The lowest BCUT2D eigenvalue weighted by Crippen LogP contribution is -2.52. The Bertz CT molecular complexity index is 1680. The molecular formula is C43H70N4O8S. The number of hydrogen-bond acceptors (Lipinski definition) is 8. The van der Waals surface area contributed by atoms with Gasteiger partial charge < -0.3 is 15.0 Å². The van der Waals surface area contributed by atoms with Crippen LogP contribution in [0, 0.1) is 44.8 Å². The van der Waals surface area contributed by atoms with E-state index in [0.717, 1.165) is 64.2 Å². The smallest absolute Gasteiger partial charge is 0.408 e. The Labute approximate surface area is 335 Å². The summed E-state index contributed by atoms with van der Waals surface area (Å²) in [6.07, 6.45) is 9.97. The molecule has 13 heteroatoms. The van der Waals surface area contributed by atoms with Gasteiger partial charge in [-0.15, -0.1) is 0 Å². The lowest BCUT2D eigenvalue weighted by molar-refractivity contribution is -0.146. The molecule has 2 aliphatic heterocycles. The number of ether oxygens (including phenoxy) is 1. The van der Waals surface area contributed by atoms with E-state index in [2.05, 4.69) is 23.9 Å². The van der Waals surface area contributed by atoms with Gasteiger partial charge in [-0.05, 0) is 100 Å². The number of likely N-dealkylation sites (tertiary alicyclic amines) is 1. The number of ketones is 2. The minimum absolute atomic E-state index is 0.0361. The van der Waals surface area contributed by atoms with Crippen LogP contribution < -0.4 is 10.0 Å². The summed E-state index contributed by atoms with van der Waals surface area (Å²) in [5.74, 6) is -2.23. The molecule has 6 rings (SSSR count). The van der Waals surface area contributed by atoms with Gasteiger partial charge in [0, 0.05) is 43.8 Å². The molecule has 0 aromatic rings. The van der Waals surface area contributed by atoms with Crippen molar-refractivity contribution in [1.29, 1.82) is 0 Å². The van der Waals surface area contributed by atoms with Gasteiger partial charge in [0.2, 0.25) is 11.8 Å². The summed E-state index contributed by atoms with van der Waals surface area (Å²) >= 11 is 0. The molecule has 2 N–H and O–H groups in total. The molecule has 2 heterocycles. The second-order valence-electron chi connectivity index (χ2n) is 21.1. The molecule has 2 saturated heterocycles. The number of rotatable bonds is 13. The van der Waals surface area contributed by atoms with Crippen LogP contribution in [0.4, 0.5) is 4.79 Å². The molecule has 56 heavy (non-hydrogen) atoms. The van der Waals surface area contributed by atoms with E-state index < -0.39 is 56.6 Å². The van der Waals surface area contributed by atoms with Crippen LogP contribution in [0.15, 0.2) is 0 Å². The fourth-order valence-electron chi connectivity index (χ4n) is 11.9. The highest BCUT2D eigenvalue weighted by molar-refractivity contribution is 7.87. The molecule has 0 unspecified atom stereocenters. The minimum atomic E-state index is -4.03. The van der Waals surface area contributed by atoms with E-state index in [1.807, 2.05) is 27.7 Å². The van der Waals surface area contributed by atoms with Gasteiger partial charge in [-0.25, -0.2) is 9.52 Å². The van der Waals surface area contributed by atoms with Gasteiger partial charge >= 0.3 is 16.3 Å². The molecule has 12 nitrogen and oxygen atoms in total. The number of nitrogens with one attached hydrogen (secondary N) is 2. The summed E-state index contributed by atoms with van der Waals surface area (Å²) in [5, 5.41) is 2.91. The van der Waals surface area contributed by atoms with Crippen molar-refractivity contribution in [2.75, 3.05) is 19.6 Å². The van der Waals surface area contributed by atoms with Crippen LogP contribution in [0.3, 0.4) is 0 Å². The summed E-state index contributed by atoms with van der Waals surface area (Å²) < 4.78 is 35.6. The van der Waals surface area contributed by atoms with Crippen LogP contribution in [-0.2, 0) is 34.1 Å². The van der Waals surface area contributed by atoms with E-state index >= 15 is 4.79 Å². The number of carbonyl (C=O) groups is 5. The van der Waals surface area contributed by atoms with Gasteiger partial charge in [0.15, 0.2) is 11.6 Å². The van der Waals surface area contributed by atoms with Crippen molar-refractivity contribution >= 4 is 39.7 Å². The Morgan fingerprint density at radius 2 is 1.48 bits per heavy atom. The molecule has 4 saturated carbocycles. The summed E-state index contributed by atoms with van der Waals surface area (Å²) in [4.78, 5) is 73.3. The van der Waals surface area contributed by atoms with Crippen molar-refractivity contribution < 1.29 is 37.1 Å². The molecule has 3 amide bonds. The first-order chi connectivity index (χ1) is 26.0.